The molecule has 7 heteroatoms. The molecule has 0 saturated carbocycles. The number of fused-ring (bicyclic) bond motifs is 1. The van der Waals surface area contributed by atoms with E-state index < -0.39 is 0 Å². The molecule has 6 nitrogen and oxygen atoms in total. The van der Waals surface area contributed by atoms with Crippen LogP contribution in [0, 0.1) is 20.8 Å². The zero-order chi connectivity index (χ0) is 19.1. The summed E-state index contributed by atoms with van der Waals surface area (Å²) in [6, 6.07) is 9.82. The number of hydrogen-bond donors (Lipinski definition) is 2. The molecule has 3 aromatic rings. The third kappa shape index (κ3) is 3.14. The van der Waals surface area contributed by atoms with Gasteiger partial charge in [-0.25, -0.2) is 4.68 Å². The summed E-state index contributed by atoms with van der Waals surface area (Å²) in [7, 11) is 0. The van der Waals surface area contributed by atoms with Crippen molar-refractivity contribution in [2.45, 2.75) is 33.7 Å². The molecule has 0 unspecified atom stereocenters. The van der Waals surface area contributed by atoms with Crippen molar-refractivity contribution in [2.75, 3.05) is 10.6 Å². The van der Waals surface area contributed by atoms with Crippen LogP contribution < -0.4 is 10.6 Å². The summed E-state index contributed by atoms with van der Waals surface area (Å²) in [4.78, 5) is 19.8. The minimum atomic E-state index is -0.298. The highest BCUT2D eigenvalue weighted by molar-refractivity contribution is 7.12. The molecule has 1 atom stereocenters. The molecule has 1 aromatic carbocycles. The van der Waals surface area contributed by atoms with Gasteiger partial charge in [0, 0.05) is 21.1 Å². The maximum Gasteiger partial charge on any atom is 0.255 e. The van der Waals surface area contributed by atoms with Crippen molar-refractivity contribution in [1.82, 2.24) is 14.8 Å². The Kier molecular flexibility index (Phi) is 4.31. The Labute approximate surface area is 161 Å². The fourth-order valence-corrected chi connectivity index (χ4v) is 4.37. The smallest absolute Gasteiger partial charge is 0.255 e. The third-order valence-electron chi connectivity index (χ3n) is 4.70. The SMILES string of the molecule is CC1=C(C(=O)Nc2ccc(C)cc2C)[C@H](c2ccc(C)s2)n2ncnc2N1. The van der Waals surface area contributed by atoms with E-state index in [4.69, 9.17) is 0 Å². The fraction of sp³-hybridized carbons (Fsp3) is 0.250. The summed E-state index contributed by atoms with van der Waals surface area (Å²) in [5, 5.41) is 10.6. The highest BCUT2D eigenvalue weighted by Gasteiger charge is 2.34. The fourth-order valence-electron chi connectivity index (χ4n) is 3.39. The van der Waals surface area contributed by atoms with E-state index in [1.165, 1.54) is 16.8 Å². The minimum absolute atomic E-state index is 0.135. The molecule has 0 radical (unpaired) electrons. The number of anilines is 2. The second kappa shape index (κ2) is 6.66. The molecule has 0 aliphatic carbocycles. The van der Waals surface area contributed by atoms with E-state index >= 15 is 0 Å². The Morgan fingerprint density at radius 1 is 1.19 bits per heavy atom. The number of allylic oxidation sites excluding steroid dienone is 1. The molecule has 2 N–H and O–H groups in total. The predicted octanol–water partition coefficient (Wildman–Crippen LogP) is 4.19. The van der Waals surface area contributed by atoms with Crippen LogP contribution in [0.1, 0.15) is 33.8 Å². The largest absolute Gasteiger partial charge is 0.328 e. The molecule has 4 rings (SSSR count). The highest BCUT2D eigenvalue weighted by atomic mass is 32.1. The first-order chi connectivity index (χ1) is 12.9. The Morgan fingerprint density at radius 3 is 2.70 bits per heavy atom. The third-order valence-corrected chi connectivity index (χ3v) is 5.75. The van der Waals surface area contributed by atoms with Gasteiger partial charge in [-0.1, -0.05) is 17.7 Å². The van der Waals surface area contributed by atoms with Crippen molar-refractivity contribution in [1.29, 1.82) is 0 Å². The lowest BCUT2D eigenvalue weighted by molar-refractivity contribution is -0.113. The Bertz CT molecular complexity index is 1060. The molecular weight excluding hydrogens is 358 g/mol. The first kappa shape index (κ1) is 17.5. The topological polar surface area (TPSA) is 71.8 Å². The number of aryl methyl sites for hydroxylation is 3. The molecule has 3 heterocycles. The lowest BCUT2D eigenvalue weighted by Crippen LogP contribution is -2.31. The summed E-state index contributed by atoms with van der Waals surface area (Å²) in [5.74, 6) is 0.510. The predicted molar refractivity (Wildman–Crippen MR) is 108 cm³/mol. The lowest BCUT2D eigenvalue weighted by atomic mass is 10.0. The number of amides is 1. The van der Waals surface area contributed by atoms with Crippen molar-refractivity contribution in [2.24, 2.45) is 0 Å². The van der Waals surface area contributed by atoms with E-state index in [1.54, 1.807) is 16.0 Å². The van der Waals surface area contributed by atoms with E-state index in [-0.39, 0.29) is 11.9 Å². The monoisotopic (exact) mass is 379 g/mol. The van der Waals surface area contributed by atoms with E-state index in [0.717, 1.165) is 21.8 Å². The van der Waals surface area contributed by atoms with Gasteiger partial charge in [-0.05, 0) is 51.5 Å². The van der Waals surface area contributed by atoms with Gasteiger partial charge < -0.3 is 10.6 Å². The van der Waals surface area contributed by atoms with E-state index in [2.05, 4.69) is 45.8 Å². The van der Waals surface area contributed by atoms with Crippen LogP contribution in [0.15, 0.2) is 47.9 Å². The number of nitrogens with one attached hydrogen (secondary N) is 2. The van der Waals surface area contributed by atoms with Crippen molar-refractivity contribution >= 4 is 28.9 Å². The van der Waals surface area contributed by atoms with Gasteiger partial charge in [-0.2, -0.15) is 10.1 Å². The number of hydrogen-bond acceptors (Lipinski definition) is 5. The number of carbonyl (C=O) groups excluding carboxylic acids is 1. The highest BCUT2D eigenvalue weighted by Crippen LogP contribution is 2.38. The van der Waals surface area contributed by atoms with Gasteiger partial charge in [-0.3, -0.25) is 4.79 Å². The van der Waals surface area contributed by atoms with Gasteiger partial charge in [-0.15, -0.1) is 11.3 Å². The second-order valence-corrected chi connectivity index (χ2v) is 8.13. The van der Waals surface area contributed by atoms with Gasteiger partial charge >= 0.3 is 0 Å². The van der Waals surface area contributed by atoms with Gasteiger partial charge in [0.05, 0.1) is 5.57 Å². The zero-order valence-electron chi connectivity index (χ0n) is 15.7. The molecule has 1 aliphatic heterocycles. The molecule has 0 saturated heterocycles. The number of nitrogens with zero attached hydrogens (tertiary/aromatic N) is 3. The number of carbonyl (C=O) groups is 1. The van der Waals surface area contributed by atoms with Crippen LogP contribution in [-0.2, 0) is 4.79 Å². The first-order valence-electron chi connectivity index (χ1n) is 8.76. The summed E-state index contributed by atoms with van der Waals surface area (Å²) >= 11 is 1.67. The first-order valence-corrected chi connectivity index (χ1v) is 9.58. The Balaban J connectivity index is 1.75. The van der Waals surface area contributed by atoms with Gasteiger partial charge in [0.1, 0.15) is 12.4 Å². The summed E-state index contributed by atoms with van der Waals surface area (Å²) in [6.45, 7) is 8.00. The summed E-state index contributed by atoms with van der Waals surface area (Å²) in [5.41, 5.74) is 4.45. The maximum absolute atomic E-state index is 13.3. The van der Waals surface area contributed by atoms with E-state index in [1.807, 2.05) is 32.9 Å². The standard InChI is InChI=1S/C20H21N5OS/c1-11-5-7-15(12(2)9-11)24-19(26)17-14(4)23-20-21-10-22-25(20)18(17)16-8-6-13(3)27-16/h5-10,18H,1-4H3,(H,24,26)(H,21,22,23)/t18-/m0/s1. The molecule has 2 aromatic heterocycles. The molecule has 27 heavy (non-hydrogen) atoms. The molecule has 138 valence electrons. The van der Waals surface area contributed by atoms with Crippen LogP contribution in [-0.4, -0.2) is 20.7 Å². The van der Waals surface area contributed by atoms with Crippen molar-refractivity contribution in [3.63, 3.8) is 0 Å². The van der Waals surface area contributed by atoms with Crippen molar-refractivity contribution < 1.29 is 4.79 Å². The van der Waals surface area contributed by atoms with Crippen LogP contribution in [0.4, 0.5) is 11.6 Å². The summed E-state index contributed by atoms with van der Waals surface area (Å²) in [6.07, 6.45) is 1.51. The Hall–Kier alpha value is -2.93. The van der Waals surface area contributed by atoms with Crippen molar-refractivity contribution in [3.8, 4) is 0 Å². The van der Waals surface area contributed by atoms with Gasteiger partial charge in [0.2, 0.25) is 5.95 Å². The van der Waals surface area contributed by atoms with Crippen molar-refractivity contribution in [3.05, 3.63) is 68.8 Å². The number of thiophene rings is 1. The second-order valence-electron chi connectivity index (χ2n) is 6.82. The van der Waals surface area contributed by atoms with Crippen LogP contribution >= 0.6 is 11.3 Å². The van der Waals surface area contributed by atoms with E-state index in [0.29, 0.717) is 11.5 Å². The quantitative estimate of drug-likeness (QED) is 0.716. The maximum atomic E-state index is 13.3. The summed E-state index contributed by atoms with van der Waals surface area (Å²) < 4.78 is 1.77. The molecule has 1 aliphatic rings. The molecule has 1 amide bonds. The van der Waals surface area contributed by atoms with Crippen LogP contribution in [0.5, 0.6) is 0 Å². The molecule has 0 fully saturated rings. The molecule has 0 bridgehead atoms. The van der Waals surface area contributed by atoms with E-state index in [9.17, 15) is 4.79 Å². The number of benzene rings is 1. The average Bonchev–Trinajstić information content (AvgIpc) is 3.24. The lowest BCUT2D eigenvalue weighted by Gasteiger charge is -2.28. The van der Waals surface area contributed by atoms with Crippen LogP contribution in [0.3, 0.4) is 0 Å². The van der Waals surface area contributed by atoms with Crippen LogP contribution in [0.25, 0.3) is 0 Å². The van der Waals surface area contributed by atoms with Crippen LogP contribution in [0.2, 0.25) is 0 Å². The normalized spacial score (nSPS) is 16.1. The zero-order valence-corrected chi connectivity index (χ0v) is 16.5. The number of rotatable bonds is 3. The molecule has 0 spiro atoms. The average molecular weight is 379 g/mol. The number of aromatic nitrogens is 3. The van der Waals surface area contributed by atoms with Gasteiger partial charge in [0.15, 0.2) is 0 Å². The minimum Gasteiger partial charge on any atom is -0.328 e. The van der Waals surface area contributed by atoms with Gasteiger partial charge in [0.25, 0.3) is 5.91 Å². The Morgan fingerprint density at radius 2 is 2.00 bits per heavy atom. The molecular formula is C20H21N5OS.